The third kappa shape index (κ3) is 5.19. The Balaban J connectivity index is 1.03. The summed E-state index contributed by atoms with van der Waals surface area (Å²) >= 11 is 6.11. The third-order valence-electron chi connectivity index (χ3n) is 7.80. The third-order valence-corrected chi connectivity index (χ3v) is 8.04. The molecule has 4 heterocycles. The fourth-order valence-corrected chi connectivity index (χ4v) is 5.67. The molecule has 3 N–H and O–H groups in total. The van der Waals surface area contributed by atoms with E-state index >= 15 is 0 Å². The highest BCUT2D eigenvalue weighted by atomic mass is 35.5. The van der Waals surface area contributed by atoms with Crippen LogP contribution in [0.1, 0.15) is 47.9 Å². The number of carbonyl (C=O) groups excluding carboxylic acids is 2. The van der Waals surface area contributed by atoms with E-state index in [9.17, 15) is 9.59 Å². The molecule has 3 aromatic heterocycles. The summed E-state index contributed by atoms with van der Waals surface area (Å²) in [5.41, 5.74) is 5.05. The van der Waals surface area contributed by atoms with Crippen molar-refractivity contribution in [3.8, 4) is 0 Å². The predicted molar refractivity (Wildman–Crippen MR) is 153 cm³/mol. The first kappa shape index (κ1) is 24.8. The molecule has 3 aliphatic rings. The van der Waals surface area contributed by atoms with Crippen LogP contribution in [0.3, 0.4) is 0 Å². The van der Waals surface area contributed by atoms with Gasteiger partial charge in [-0.05, 0) is 60.4 Å². The molecule has 11 heteroatoms. The molecule has 204 valence electrons. The van der Waals surface area contributed by atoms with E-state index < -0.39 is 0 Å². The number of rotatable bonds is 8. The van der Waals surface area contributed by atoms with Crippen molar-refractivity contribution in [2.75, 3.05) is 35.2 Å². The van der Waals surface area contributed by atoms with Crippen LogP contribution in [-0.2, 0) is 16.1 Å². The quantitative estimate of drug-likeness (QED) is 0.301. The summed E-state index contributed by atoms with van der Waals surface area (Å²) in [4.78, 5) is 40.5. The number of carbonyl (C=O) groups is 2. The number of halogens is 1. The zero-order chi connectivity index (χ0) is 27.2. The van der Waals surface area contributed by atoms with Crippen LogP contribution in [0.25, 0.3) is 5.65 Å². The first-order chi connectivity index (χ1) is 19.5. The molecule has 7 rings (SSSR count). The van der Waals surface area contributed by atoms with Gasteiger partial charge in [0.15, 0.2) is 5.65 Å². The molecule has 2 aliphatic carbocycles. The van der Waals surface area contributed by atoms with Gasteiger partial charge in [-0.3, -0.25) is 9.59 Å². The second kappa shape index (κ2) is 10.1. The highest BCUT2D eigenvalue weighted by Crippen LogP contribution is 2.48. The lowest BCUT2D eigenvalue weighted by molar-refractivity contribution is -0.120. The van der Waals surface area contributed by atoms with Gasteiger partial charge < -0.3 is 25.3 Å². The Hall–Kier alpha value is -4.18. The van der Waals surface area contributed by atoms with E-state index in [2.05, 4.69) is 47.5 Å². The zero-order valence-corrected chi connectivity index (χ0v) is 22.6. The zero-order valence-electron chi connectivity index (χ0n) is 21.8. The number of fused-ring (bicyclic) bond motifs is 1. The van der Waals surface area contributed by atoms with E-state index in [1.54, 1.807) is 6.07 Å². The molecule has 1 saturated heterocycles. The minimum atomic E-state index is -0.0940. The summed E-state index contributed by atoms with van der Waals surface area (Å²) in [5.74, 6) is 1.69. The second-order valence-corrected chi connectivity index (χ2v) is 11.2. The van der Waals surface area contributed by atoms with Crippen LogP contribution in [-0.4, -0.2) is 50.8 Å². The van der Waals surface area contributed by atoms with Gasteiger partial charge in [0.25, 0.3) is 0 Å². The molecular formula is C29H29ClN8O2. The standard InChI is InChI=1S/C29H29ClN8O2/c30-20-3-1-2-18(8-20)22-10-23(22)29(40)36-26-11-25(33-16-34-26)32-12-21-14-38-13-19(17-4-5-17)9-24(28(38)35-21)37-7-6-31-27(39)15-37/h1-3,8-9,11,13-14,16-17,22-23H,4-7,10,12,15H2,(H,31,39)(H2,32,33,34,36,40)/t22-,23+/m1/s1. The molecular weight excluding hydrogens is 528 g/mol. The fourth-order valence-electron chi connectivity index (χ4n) is 5.47. The molecule has 2 saturated carbocycles. The maximum Gasteiger partial charge on any atom is 0.239 e. The molecule has 10 nitrogen and oxygen atoms in total. The van der Waals surface area contributed by atoms with Crippen molar-refractivity contribution < 1.29 is 9.59 Å². The number of nitrogens with one attached hydrogen (secondary N) is 3. The summed E-state index contributed by atoms with van der Waals surface area (Å²) in [6, 6.07) is 11.6. The van der Waals surface area contributed by atoms with Gasteiger partial charge >= 0.3 is 0 Å². The van der Waals surface area contributed by atoms with Gasteiger partial charge in [-0.25, -0.2) is 15.0 Å². The number of hydrogen-bond acceptors (Lipinski definition) is 7. The molecule has 1 aliphatic heterocycles. The normalized spacial score (nSPS) is 20.3. The molecule has 2 amide bonds. The van der Waals surface area contributed by atoms with Crippen LogP contribution >= 0.6 is 11.6 Å². The monoisotopic (exact) mass is 556 g/mol. The summed E-state index contributed by atoms with van der Waals surface area (Å²) in [5, 5.41) is 9.81. The lowest BCUT2D eigenvalue weighted by Crippen LogP contribution is -2.47. The predicted octanol–water partition coefficient (Wildman–Crippen LogP) is 3.95. The lowest BCUT2D eigenvalue weighted by Gasteiger charge is -2.29. The van der Waals surface area contributed by atoms with Gasteiger partial charge in [0.05, 0.1) is 24.5 Å². The van der Waals surface area contributed by atoms with Crippen molar-refractivity contribution in [3.63, 3.8) is 0 Å². The lowest BCUT2D eigenvalue weighted by atomic mass is 10.1. The van der Waals surface area contributed by atoms with Gasteiger partial charge in [-0.2, -0.15) is 0 Å². The number of aromatic nitrogens is 4. The molecule has 0 radical (unpaired) electrons. The number of hydrogen-bond donors (Lipinski definition) is 3. The largest absolute Gasteiger partial charge is 0.364 e. The molecule has 1 aromatic carbocycles. The van der Waals surface area contributed by atoms with Crippen molar-refractivity contribution in [1.29, 1.82) is 0 Å². The Bertz CT molecular complexity index is 1620. The Morgan fingerprint density at radius 1 is 1.10 bits per heavy atom. The Kier molecular flexibility index (Phi) is 6.27. The van der Waals surface area contributed by atoms with Crippen LogP contribution < -0.4 is 20.9 Å². The molecule has 0 bridgehead atoms. The number of imidazole rings is 1. The number of pyridine rings is 1. The van der Waals surface area contributed by atoms with Crippen molar-refractivity contribution in [3.05, 3.63) is 77.0 Å². The smallest absolute Gasteiger partial charge is 0.239 e. The SMILES string of the molecule is O=C1CN(c2cc(C3CC3)cn3cc(CNc4cc(NC(=O)[C@H]5C[C@@H]5c5cccc(Cl)c5)ncn4)nc23)CCN1. The number of anilines is 3. The average Bonchev–Trinajstić information content (AvgIpc) is 3.88. The van der Waals surface area contributed by atoms with E-state index in [-0.39, 0.29) is 23.7 Å². The highest BCUT2D eigenvalue weighted by molar-refractivity contribution is 6.30. The van der Waals surface area contributed by atoms with Crippen LogP contribution in [0.15, 0.2) is 55.1 Å². The number of benzene rings is 1. The van der Waals surface area contributed by atoms with Crippen LogP contribution in [0.5, 0.6) is 0 Å². The molecule has 40 heavy (non-hydrogen) atoms. The van der Waals surface area contributed by atoms with E-state index in [0.29, 0.717) is 42.2 Å². The van der Waals surface area contributed by atoms with Crippen molar-refractivity contribution in [2.45, 2.75) is 37.6 Å². The topological polar surface area (TPSA) is 117 Å². The van der Waals surface area contributed by atoms with E-state index in [4.69, 9.17) is 16.6 Å². The maximum atomic E-state index is 12.8. The molecule has 4 aromatic rings. The maximum absolute atomic E-state index is 12.8. The molecule has 2 atom stereocenters. The first-order valence-electron chi connectivity index (χ1n) is 13.7. The number of piperazine rings is 1. The van der Waals surface area contributed by atoms with Gasteiger partial charge in [0.1, 0.15) is 18.0 Å². The summed E-state index contributed by atoms with van der Waals surface area (Å²) in [6.07, 6.45) is 8.80. The number of amides is 2. The Morgan fingerprint density at radius 2 is 1.98 bits per heavy atom. The first-order valence-corrected chi connectivity index (χ1v) is 14.0. The van der Waals surface area contributed by atoms with Crippen molar-refractivity contribution >= 4 is 46.4 Å². The van der Waals surface area contributed by atoms with Crippen LogP contribution in [0, 0.1) is 5.92 Å². The van der Waals surface area contributed by atoms with E-state index in [1.807, 2.05) is 30.5 Å². The van der Waals surface area contributed by atoms with Crippen molar-refractivity contribution in [1.82, 2.24) is 24.7 Å². The molecule has 3 fully saturated rings. The van der Waals surface area contributed by atoms with Crippen molar-refractivity contribution in [2.24, 2.45) is 5.92 Å². The summed E-state index contributed by atoms with van der Waals surface area (Å²) in [7, 11) is 0. The minimum absolute atomic E-state index is 0.0306. The summed E-state index contributed by atoms with van der Waals surface area (Å²) < 4.78 is 2.07. The Labute approximate surface area is 236 Å². The second-order valence-electron chi connectivity index (χ2n) is 10.8. The van der Waals surface area contributed by atoms with Gasteiger partial charge in [0, 0.05) is 42.5 Å². The molecule has 0 unspecified atom stereocenters. The fraction of sp³-hybridized carbons (Fsp3) is 0.345. The highest BCUT2D eigenvalue weighted by Gasteiger charge is 2.44. The van der Waals surface area contributed by atoms with Crippen LogP contribution in [0.2, 0.25) is 5.02 Å². The van der Waals surface area contributed by atoms with E-state index in [1.165, 1.54) is 24.7 Å². The van der Waals surface area contributed by atoms with Gasteiger partial charge in [-0.15, -0.1) is 0 Å². The summed E-state index contributed by atoms with van der Waals surface area (Å²) in [6.45, 7) is 2.17. The average molecular weight is 557 g/mol. The molecule has 0 spiro atoms. The number of nitrogens with zero attached hydrogens (tertiary/aromatic N) is 5. The van der Waals surface area contributed by atoms with E-state index in [0.717, 1.165) is 35.6 Å². The minimum Gasteiger partial charge on any atom is -0.364 e. The Morgan fingerprint density at radius 3 is 2.80 bits per heavy atom. The van der Waals surface area contributed by atoms with Crippen LogP contribution in [0.4, 0.5) is 17.3 Å². The van der Waals surface area contributed by atoms with Gasteiger partial charge in [-0.1, -0.05) is 23.7 Å². The van der Waals surface area contributed by atoms with Gasteiger partial charge in [0.2, 0.25) is 11.8 Å².